The molecule has 0 aliphatic carbocycles. The van der Waals surface area contributed by atoms with Crippen LogP contribution in [-0.4, -0.2) is 37.2 Å². The minimum Gasteiger partial charge on any atom is -0.462 e. The van der Waals surface area contributed by atoms with Gasteiger partial charge in [0.2, 0.25) is 0 Å². The molecule has 0 amide bonds. The van der Waals surface area contributed by atoms with Gasteiger partial charge in [0, 0.05) is 19.3 Å². The molecule has 6 heteroatoms. The Kier molecular flexibility index (Phi) is 47.2. The van der Waals surface area contributed by atoms with Crippen molar-refractivity contribution in [2.24, 2.45) is 5.92 Å². The summed E-state index contributed by atoms with van der Waals surface area (Å²) in [7, 11) is 0. The van der Waals surface area contributed by atoms with Crippen molar-refractivity contribution in [3.63, 3.8) is 0 Å². The quantitative estimate of drug-likeness (QED) is 0.0345. The lowest BCUT2D eigenvalue weighted by molar-refractivity contribution is -0.167. The van der Waals surface area contributed by atoms with Gasteiger partial charge in [0.15, 0.2) is 6.10 Å². The van der Waals surface area contributed by atoms with Crippen molar-refractivity contribution in [2.75, 3.05) is 13.2 Å². The zero-order chi connectivity index (χ0) is 43.8. The smallest absolute Gasteiger partial charge is 0.306 e. The Morgan fingerprint density at radius 2 is 0.583 bits per heavy atom. The van der Waals surface area contributed by atoms with E-state index in [1.54, 1.807) is 0 Å². The average Bonchev–Trinajstić information content (AvgIpc) is 3.25. The molecular formula is C54H104O6. The molecule has 0 bridgehead atoms. The zero-order valence-electron chi connectivity index (χ0n) is 40.9. The first-order chi connectivity index (χ1) is 29.4. The normalized spacial score (nSPS) is 12.4. The summed E-state index contributed by atoms with van der Waals surface area (Å²) in [5, 5.41) is 0. The number of hydrogen-bond donors (Lipinski definition) is 0. The van der Waals surface area contributed by atoms with Gasteiger partial charge < -0.3 is 14.2 Å². The molecule has 0 aliphatic heterocycles. The molecule has 0 heterocycles. The van der Waals surface area contributed by atoms with E-state index < -0.39 is 6.10 Å². The van der Waals surface area contributed by atoms with Crippen LogP contribution in [0.3, 0.4) is 0 Å². The summed E-state index contributed by atoms with van der Waals surface area (Å²) in [6.45, 7) is 9.03. The Balaban J connectivity index is 4.24. The number of ether oxygens (including phenoxy) is 3. The van der Waals surface area contributed by atoms with Crippen LogP contribution in [0.25, 0.3) is 0 Å². The number of rotatable bonds is 49. The Morgan fingerprint density at radius 3 is 0.867 bits per heavy atom. The predicted molar refractivity (Wildman–Crippen MR) is 257 cm³/mol. The minimum absolute atomic E-state index is 0.0629. The molecule has 0 saturated carbocycles. The van der Waals surface area contributed by atoms with E-state index in [-0.39, 0.29) is 31.1 Å². The van der Waals surface area contributed by atoms with Crippen molar-refractivity contribution >= 4 is 17.9 Å². The van der Waals surface area contributed by atoms with Crippen LogP contribution in [0, 0.1) is 5.92 Å². The molecule has 0 saturated heterocycles. The van der Waals surface area contributed by atoms with Gasteiger partial charge in [-0.1, -0.05) is 265 Å². The van der Waals surface area contributed by atoms with Gasteiger partial charge in [-0.25, -0.2) is 0 Å². The van der Waals surface area contributed by atoms with Crippen molar-refractivity contribution in [2.45, 2.75) is 310 Å². The molecule has 356 valence electrons. The molecule has 0 aromatic heterocycles. The van der Waals surface area contributed by atoms with E-state index in [9.17, 15) is 14.4 Å². The lowest BCUT2D eigenvalue weighted by atomic mass is 9.99. The minimum atomic E-state index is -0.761. The maximum atomic E-state index is 12.8. The number of unbranched alkanes of at least 4 members (excludes halogenated alkanes) is 35. The largest absolute Gasteiger partial charge is 0.462 e. The summed E-state index contributed by atoms with van der Waals surface area (Å²) in [6.07, 6.45) is 50.9. The highest BCUT2D eigenvalue weighted by Crippen LogP contribution is 2.18. The van der Waals surface area contributed by atoms with Crippen molar-refractivity contribution in [1.29, 1.82) is 0 Å². The van der Waals surface area contributed by atoms with Gasteiger partial charge in [-0.2, -0.15) is 0 Å². The third kappa shape index (κ3) is 45.9. The number of carbonyl (C=O) groups excluding carboxylic acids is 3. The summed E-state index contributed by atoms with van der Waals surface area (Å²) in [6, 6.07) is 0. The van der Waals surface area contributed by atoms with Crippen LogP contribution in [0.2, 0.25) is 0 Å². The lowest BCUT2D eigenvalue weighted by Gasteiger charge is -2.18. The van der Waals surface area contributed by atoms with E-state index in [2.05, 4.69) is 27.7 Å². The van der Waals surface area contributed by atoms with Crippen LogP contribution < -0.4 is 0 Å². The summed E-state index contributed by atoms with van der Waals surface area (Å²) in [5.41, 5.74) is 0. The summed E-state index contributed by atoms with van der Waals surface area (Å²) in [5.74, 6) is 0.00299. The average molecular weight is 849 g/mol. The van der Waals surface area contributed by atoms with Gasteiger partial charge in [0.05, 0.1) is 0 Å². The van der Waals surface area contributed by atoms with Crippen LogP contribution >= 0.6 is 0 Å². The van der Waals surface area contributed by atoms with Crippen molar-refractivity contribution in [3.05, 3.63) is 0 Å². The molecule has 0 aromatic rings. The molecule has 0 aliphatic rings. The maximum absolute atomic E-state index is 12.8. The molecule has 6 nitrogen and oxygen atoms in total. The van der Waals surface area contributed by atoms with Crippen LogP contribution in [0.4, 0.5) is 0 Å². The zero-order valence-corrected chi connectivity index (χ0v) is 40.9. The Bertz CT molecular complexity index is 905. The van der Waals surface area contributed by atoms with E-state index in [4.69, 9.17) is 14.2 Å². The van der Waals surface area contributed by atoms with Gasteiger partial charge in [-0.15, -0.1) is 0 Å². The van der Waals surface area contributed by atoms with Crippen LogP contribution in [-0.2, 0) is 28.6 Å². The molecule has 0 aromatic carbocycles. The second-order valence-corrected chi connectivity index (χ2v) is 18.8. The molecule has 0 spiro atoms. The molecular weight excluding hydrogens is 745 g/mol. The third-order valence-electron chi connectivity index (χ3n) is 12.7. The van der Waals surface area contributed by atoms with E-state index >= 15 is 0 Å². The highest BCUT2D eigenvalue weighted by Gasteiger charge is 2.19. The second kappa shape index (κ2) is 48.4. The first-order valence-corrected chi connectivity index (χ1v) is 26.9. The lowest BCUT2D eigenvalue weighted by Crippen LogP contribution is -2.30. The van der Waals surface area contributed by atoms with E-state index in [1.807, 2.05) is 0 Å². The number of carbonyl (C=O) groups is 3. The first-order valence-electron chi connectivity index (χ1n) is 26.9. The van der Waals surface area contributed by atoms with Crippen molar-refractivity contribution in [1.82, 2.24) is 0 Å². The van der Waals surface area contributed by atoms with Gasteiger partial charge in [-0.05, 0) is 25.2 Å². The van der Waals surface area contributed by atoms with Crippen LogP contribution in [0.15, 0.2) is 0 Å². The fourth-order valence-corrected chi connectivity index (χ4v) is 8.19. The van der Waals surface area contributed by atoms with Gasteiger partial charge in [-0.3, -0.25) is 14.4 Å². The predicted octanol–water partition coefficient (Wildman–Crippen LogP) is 17.5. The van der Waals surface area contributed by atoms with E-state index in [0.29, 0.717) is 19.3 Å². The Hall–Kier alpha value is -1.59. The Morgan fingerprint density at radius 1 is 0.333 bits per heavy atom. The molecule has 60 heavy (non-hydrogen) atoms. The Labute approximate surface area is 374 Å². The maximum Gasteiger partial charge on any atom is 0.306 e. The fraction of sp³-hybridized carbons (Fsp3) is 0.944. The van der Waals surface area contributed by atoms with E-state index in [1.165, 1.54) is 199 Å². The van der Waals surface area contributed by atoms with Crippen molar-refractivity contribution in [3.8, 4) is 0 Å². The monoisotopic (exact) mass is 849 g/mol. The summed E-state index contributed by atoms with van der Waals surface area (Å²) < 4.78 is 16.8. The first kappa shape index (κ1) is 58.4. The highest BCUT2D eigenvalue weighted by atomic mass is 16.6. The molecule has 0 fully saturated rings. The van der Waals surface area contributed by atoms with Crippen molar-refractivity contribution < 1.29 is 28.6 Å². The molecule has 1 unspecified atom stereocenters. The van der Waals surface area contributed by atoms with Crippen LogP contribution in [0.5, 0.6) is 0 Å². The van der Waals surface area contributed by atoms with Crippen LogP contribution in [0.1, 0.15) is 304 Å². The topological polar surface area (TPSA) is 78.9 Å². The van der Waals surface area contributed by atoms with E-state index in [0.717, 1.165) is 63.7 Å². The third-order valence-corrected chi connectivity index (χ3v) is 12.7. The SMILES string of the molecule is CCCCCCCCCCCCCCCCCCCCCC(=O)OC[C@H](COC(=O)CCCCCCCCCCC(C)CC)OC(=O)CCCCCCCCCCCCC. The fourth-order valence-electron chi connectivity index (χ4n) is 8.19. The summed E-state index contributed by atoms with van der Waals surface area (Å²) >= 11 is 0. The molecule has 0 N–H and O–H groups in total. The van der Waals surface area contributed by atoms with Gasteiger partial charge in [0.1, 0.15) is 13.2 Å². The van der Waals surface area contributed by atoms with Gasteiger partial charge >= 0.3 is 17.9 Å². The molecule has 0 rings (SSSR count). The standard InChI is InChI=1S/C54H104O6/c1-5-8-10-12-14-16-18-19-20-21-22-23-24-25-27-28-33-37-41-45-52(55)58-48-51(60-54(57)47-43-39-35-29-26-17-15-13-11-9-6-2)49-59-53(56)46-42-38-34-31-30-32-36-40-44-50(4)7-3/h50-51H,5-49H2,1-4H3/t50?,51-/m1/s1. The highest BCUT2D eigenvalue weighted by molar-refractivity contribution is 5.71. The second-order valence-electron chi connectivity index (χ2n) is 18.8. The molecule has 2 atom stereocenters. The molecule has 0 radical (unpaired) electrons. The summed E-state index contributed by atoms with van der Waals surface area (Å²) in [4.78, 5) is 37.9. The number of hydrogen-bond acceptors (Lipinski definition) is 6. The number of esters is 3. The van der Waals surface area contributed by atoms with Gasteiger partial charge in [0.25, 0.3) is 0 Å².